The summed E-state index contributed by atoms with van der Waals surface area (Å²) in [7, 11) is 2.26. The van der Waals surface area contributed by atoms with Gasteiger partial charge in [-0.05, 0) is 33.4 Å². The molecule has 1 aliphatic rings. The van der Waals surface area contributed by atoms with Crippen LogP contribution in [0.4, 0.5) is 0 Å². The molecule has 0 saturated carbocycles. The number of likely N-dealkylation sites (N-methyl/N-ethyl adjacent to an activating group) is 2. The second-order valence-electron chi connectivity index (χ2n) is 4.85. The minimum Gasteiger partial charge on any atom is -0.377 e. The summed E-state index contributed by atoms with van der Waals surface area (Å²) < 4.78 is 5.66. The average Bonchev–Trinajstić information content (AvgIpc) is 2.69. The van der Waals surface area contributed by atoms with E-state index in [4.69, 9.17) is 4.74 Å². The lowest BCUT2D eigenvalue weighted by molar-refractivity contribution is 0.0652. The van der Waals surface area contributed by atoms with Crippen LogP contribution in [0.15, 0.2) is 0 Å². The van der Waals surface area contributed by atoms with Crippen LogP contribution in [0.3, 0.4) is 0 Å². The summed E-state index contributed by atoms with van der Waals surface area (Å²) in [5.41, 5.74) is 0. The molecule has 1 heterocycles. The molecule has 0 aromatic heterocycles. The van der Waals surface area contributed by atoms with E-state index < -0.39 is 0 Å². The van der Waals surface area contributed by atoms with Gasteiger partial charge in [-0.25, -0.2) is 0 Å². The van der Waals surface area contributed by atoms with Gasteiger partial charge in [0.25, 0.3) is 0 Å². The number of nitrogens with one attached hydrogen (secondary N) is 1. The molecule has 0 aromatic carbocycles. The Morgan fingerprint density at radius 1 is 1.44 bits per heavy atom. The van der Waals surface area contributed by atoms with Gasteiger partial charge in [-0.2, -0.15) is 0 Å². The number of ether oxygens (including phenoxy) is 1. The number of rotatable bonds is 7. The topological polar surface area (TPSA) is 24.5 Å². The maximum absolute atomic E-state index is 5.66. The molecule has 0 bridgehead atoms. The molecule has 96 valence electrons. The summed E-state index contributed by atoms with van der Waals surface area (Å²) in [6, 6.07) is 1.26. The molecule has 3 nitrogen and oxygen atoms in total. The number of hydrogen-bond donors (Lipinski definition) is 1. The largest absolute Gasteiger partial charge is 0.377 e. The first-order valence-electron chi connectivity index (χ1n) is 6.74. The van der Waals surface area contributed by atoms with Crippen molar-refractivity contribution in [1.82, 2.24) is 10.2 Å². The van der Waals surface area contributed by atoms with E-state index in [1.165, 1.54) is 19.3 Å². The standard InChI is InChI=1S/C13H28N2O/c1-5-7-12(10-14-6-2)15(4)13-8-9-16-11(13)3/h11-14H,5-10H2,1-4H3. The van der Waals surface area contributed by atoms with Crippen LogP contribution < -0.4 is 5.32 Å². The third-order valence-corrected chi connectivity index (χ3v) is 3.69. The van der Waals surface area contributed by atoms with E-state index in [9.17, 15) is 0 Å². The van der Waals surface area contributed by atoms with Crippen LogP contribution in [0.2, 0.25) is 0 Å². The van der Waals surface area contributed by atoms with Gasteiger partial charge in [-0.15, -0.1) is 0 Å². The van der Waals surface area contributed by atoms with Gasteiger partial charge in [0.2, 0.25) is 0 Å². The van der Waals surface area contributed by atoms with Gasteiger partial charge in [0.05, 0.1) is 6.10 Å². The maximum Gasteiger partial charge on any atom is 0.0703 e. The molecule has 1 saturated heterocycles. The van der Waals surface area contributed by atoms with Crippen molar-refractivity contribution >= 4 is 0 Å². The fourth-order valence-electron chi connectivity index (χ4n) is 2.62. The summed E-state index contributed by atoms with van der Waals surface area (Å²) in [4.78, 5) is 2.53. The summed E-state index contributed by atoms with van der Waals surface area (Å²) in [6.07, 6.45) is 4.10. The van der Waals surface area contributed by atoms with Gasteiger partial charge in [-0.1, -0.05) is 20.3 Å². The van der Waals surface area contributed by atoms with Gasteiger partial charge in [0.15, 0.2) is 0 Å². The Morgan fingerprint density at radius 3 is 2.69 bits per heavy atom. The van der Waals surface area contributed by atoms with E-state index in [0.29, 0.717) is 18.2 Å². The highest BCUT2D eigenvalue weighted by Crippen LogP contribution is 2.21. The monoisotopic (exact) mass is 228 g/mol. The van der Waals surface area contributed by atoms with Crippen molar-refractivity contribution in [2.45, 2.75) is 58.2 Å². The van der Waals surface area contributed by atoms with Crippen LogP contribution in [0, 0.1) is 0 Å². The smallest absolute Gasteiger partial charge is 0.0703 e. The van der Waals surface area contributed by atoms with Crippen molar-refractivity contribution in [3.8, 4) is 0 Å². The van der Waals surface area contributed by atoms with Gasteiger partial charge < -0.3 is 10.1 Å². The van der Waals surface area contributed by atoms with Crippen molar-refractivity contribution < 1.29 is 4.74 Å². The zero-order valence-electron chi connectivity index (χ0n) is 11.3. The minimum atomic E-state index is 0.394. The van der Waals surface area contributed by atoms with Crippen LogP contribution >= 0.6 is 0 Å². The summed E-state index contributed by atoms with van der Waals surface area (Å²) >= 11 is 0. The molecule has 1 N–H and O–H groups in total. The first kappa shape index (κ1) is 13.9. The lowest BCUT2D eigenvalue weighted by Crippen LogP contribution is -2.47. The SMILES string of the molecule is CCCC(CNCC)N(C)C1CCOC1C. The van der Waals surface area contributed by atoms with Crippen molar-refractivity contribution in [3.63, 3.8) is 0 Å². The third-order valence-electron chi connectivity index (χ3n) is 3.69. The summed E-state index contributed by atoms with van der Waals surface area (Å²) in [5.74, 6) is 0. The Kier molecular flexibility index (Phi) is 6.32. The first-order chi connectivity index (χ1) is 7.70. The third kappa shape index (κ3) is 3.72. The van der Waals surface area contributed by atoms with Crippen LogP contribution in [0.1, 0.15) is 40.0 Å². The molecule has 3 unspecified atom stereocenters. The van der Waals surface area contributed by atoms with Gasteiger partial charge in [0.1, 0.15) is 0 Å². The lowest BCUT2D eigenvalue weighted by Gasteiger charge is -2.34. The van der Waals surface area contributed by atoms with Crippen LogP contribution in [-0.4, -0.2) is 49.8 Å². The van der Waals surface area contributed by atoms with Crippen LogP contribution in [0.25, 0.3) is 0 Å². The van der Waals surface area contributed by atoms with Crippen LogP contribution in [-0.2, 0) is 4.74 Å². The lowest BCUT2D eigenvalue weighted by atomic mass is 10.0. The Balaban J connectivity index is 2.47. The minimum absolute atomic E-state index is 0.394. The highest BCUT2D eigenvalue weighted by molar-refractivity contribution is 4.85. The fourth-order valence-corrected chi connectivity index (χ4v) is 2.62. The fraction of sp³-hybridized carbons (Fsp3) is 1.00. The highest BCUT2D eigenvalue weighted by atomic mass is 16.5. The Morgan fingerprint density at radius 2 is 2.19 bits per heavy atom. The Labute approximate surface area is 101 Å². The molecule has 1 aliphatic heterocycles. The van der Waals surface area contributed by atoms with E-state index in [2.05, 4.69) is 38.0 Å². The normalized spacial score (nSPS) is 27.6. The van der Waals surface area contributed by atoms with Crippen molar-refractivity contribution in [1.29, 1.82) is 0 Å². The van der Waals surface area contributed by atoms with Crippen molar-refractivity contribution in [2.24, 2.45) is 0 Å². The zero-order chi connectivity index (χ0) is 12.0. The van der Waals surface area contributed by atoms with E-state index >= 15 is 0 Å². The molecule has 3 atom stereocenters. The molecular weight excluding hydrogens is 200 g/mol. The Hall–Kier alpha value is -0.120. The average molecular weight is 228 g/mol. The van der Waals surface area contributed by atoms with E-state index in [0.717, 1.165) is 19.7 Å². The maximum atomic E-state index is 5.66. The molecule has 0 amide bonds. The molecule has 0 spiro atoms. The number of nitrogens with zero attached hydrogens (tertiary/aromatic N) is 1. The predicted molar refractivity (Wildman–Crippen MR) is 68.8 cm³/mol. The van der Waals surface area contributed by atoms with Gasteiger partial charge in [0, 0.05) is 25.2 Å². The molecule has 1 rings (SSSR count). The highest BCUT2D eigenvalue weighted by Gasteiger charge is 2.31. The number of hydrogen-bond acceptors (Lipinski definition) is 3. The molecule has 1 fully saturated rings. The second-order valence-corrected chi connectivity index (χ2v) is 4.85. The van der Waals surface area contributed by atoms with Gasteiger partial charge >= 0.3 is 0 Å². The molecule has 0 aromatic rings. The van der Waals surface area contributed by atoms with Crippen molar-refractivity contribution in [3.05, 3.63) is 0 Å². The Bertz CT molecular complexity index is 187. The van der Waals surface area contributed by atoms with E-state index in [-0.39, 0.29) is 0 Å². The molecule has 0 radical (unpaired) electrons. The summed E-state index contributed by atoms with van der Waals surface area (Å²) in [6.45, 7) is 9.72. The van der Waals surface area contributed by atoms with E-state index in [1.54, 1.807) is 0 Å². The first-order valence-corrected chi connectivity index (χ1v) is 6.74. The van der Waals surface area contributed by atoms with Crippen molar-refractivity contribution in [2.75, 3.05) is 26.7 Å². The second kappa shape index (κ2) is 7.25. The summed E-state index contributed by atoms with van der Waals surface area (Å²) in [5, 5.41) is 3.47. The van der Waals surface area contributed by atoms with E-state index in [1.807, 2.05) is 0 Å². The zero-order valence-corrected chi connectivity index (χ0v) is 11.3. The molecular formula is C13H28N2O. The molecule has 0 aliphatic carbocycles. The molecule has 3 heteroatoms. The van der Waals surface area contributed by atoms with Crippen LogP contribution in [0.5, 0.6) is 0 Å². The quantitative estimate of drug-likeness (QED) is 0.720. The molecule has 16 heavy (non-hydrogen) atoms. The predicted octanol–water partition coefficient (Wildman–Crippen LogP) is 1.87. The van der Waals surface area contributed by atoms with Gasteiger partial charge in [-0.3, -0.25) is 4.90 Å².